The van der Waals surface area contributed by atoms with Crippen LogP contribution in [0.5, 0.6) is 0 Å². The van der Waals surface area contributed by atoms with Crippen molar-refractivity contribution in [3.63, 3.8) is 0 Å². The molecular weight excluding hydrogens is 530 g/mol. The summed E-state index contributed by atoms with van der Waals surface area (Å²) in [6.07, 6.45) is 3.15. The predicted octanol–water partition coefficient (Wildman–Crippen LogP) is 11.0. The van der Waals surface area contributed by atoms with Gasteiger partial charge in [0.2, 0.25) is 0 Å². The van der Waals surface area contributed by atoms with Crippen molar-refractivity contribution in [2.45, 2.75) is 51.9 Å². The van der Waals surface area contributed by atoms with Crippen molar-refractivity contribution in [1.29, 1.82) is 0 Å². The molecular formula is C43H37N. The van der Waals surface area contributed by atoms with Gasteiger partial charge in [-0.3, -0.25) is 4.99 Å². The highest BCUT2D eigenvalue weighted by Gasteiger charge is 2.41. The first kappa shape index (κ1) is 26.8. The van der Waals surface area contributed by atoms with Crippen LogP contribution < -0.4 is 0 Å². The molecule has 0 fully saturated rings. The highest BCUT2D eigenvalue weighted by Crippen LogP contribution is 2.56. The summed E-state index contributed by atoms with van der Waals surface area (Å²) < 4.78 is 0. The monoisotopic (exact) mass is 567 g/mol. The zero-order valence-electron chi connectivity index (χ0n) is 26.2. The van der Waals surface area contributed by atoms with E-state index in [0.717, 1.165) is 23.4 Å². The number of hydrogen-bond acceptors (Lipinski definition) is 1. The van der Waals surface area contributed by atoms with Gasteiger partial charge < -0.3 is 0 Å². The second-order valence-corrected chi connectivity index (χ2v) is 13.6. The molecule has 0 radical (unpaired) electrons. The molecule has 0 amide bonds. The summed E-state index contributed by atoms with van der Waals surface area (Å²) in [7, 11) is 0. The normalized spacial score (nSPS) is 17.2. The Balaban J connectivity index is 1.26. The van der Waals surface area contributed by atoms with Crippen LogP contribution in [0.25, 0.3) is 33.5 Å². The van der Waals surface area contributed by atoms with Crippen molar-refractivity contribution in [2.75, 3.05) is 0 Å². The molecule has 3 aliphatic rings. The third kappa shape index (κ3) is 3.88. The summed E-state index contributed by atoms with van der Waals surface area (Å²) in [6, 6.07) is 42.4. The van der Waals surface area contributed by atoms with Gasteiger partial charge >= 0.3 is 0 Å². The molecule has 0 saturated carbocycles. The average Bonchev–Trinajstić information content (AvgIpc) is 3.31. The Bertz CT molecular complexity index is 2070. The van der Waals surface area contributed by atoms with Gasteiger partial charge in [0.15, 0.2) is 0 Å². The third-order valence-corrected chi connectivity index (χ3v) is 10.3. The highest BCUT2D eigenvalue weighted by molar-refractivity contribution is 6.08. The largest absolute Gasteiger partial charge is 0.252 e. The van der Waals surface area contributed by atoms with Crippen LogP contribution in [0.15, 0.2) is 132 Å². The number of aliphatic imine (C=N–C) groups is 1. The first-order valence-electron chi connectivity index (χ1n) is 15.8. The minimum Gasteiger partial charge on any atom is -0.252 e. The molecule has 1 heterocycles. The smallest absolute Gasteiger partial charge is 0.0740 e. The van der Waals surface area contributed by atoms with E-state index in [4.69, 9.17) is 4.99 Å². The topological polar surface area (TPSA) is 12.4 Å². The average molecular weight is 568 g/mol. The number of hydrogen-bond donors (Lipinski definition) is 0. The van der Waals surface area contributed by atoms with E-state index in [1.54, 1.807) is 0 Å². The molecule has 0 N–H and O–H groups in total. The Hall–Kier alpha value is -4.75. The standard InChI is InChI=1S/C43H37N/c1-27-31(28-14-8-6-9-15-28)22-23-40(44-41(27)29-16-10-7-11-17-29)30-20-21-33-35-26-38-34(25-39(35)43(4,5)37(33)24-30)32-18-12-13-19-36(32)42(38,2)3/h6-22,24-26H,23H2,1-5H3. The molecule has 0 atom stereocenters. The lowest BCUT2D eigenvalue weighted by Gasteiger charge is -2.24. The quantitative estimate of drug-likeness (QED) is 0.206. The van der Waals surface area contributed by atoms with Gasteiger partial charge in [-0.2, -0.15) is 0 Å². The van der Waals surface area contributed by atoms with Gasteiger partial charge in [-0.25, -0.2) is 0 Å². The molecule has 0 unspecified atom stereocenters. The maximum atomic E-state index is 5.43. The maximum absolute atomic E-state index is 5.43. The van der Waals surface area contributed by atoms with Crippen LogP contribution in [0.3, 0.4) is 0 Å². The molecule has 0 bridgehead atoms. The lowest BCUT2D eigenvalue weighted by Crippen LogP contribution is -2.17. The minimum atomic E-state index is -0.109. The van der Waals surface area contributed by atoms with Crippen molar-refractivity contribution in [3.05, 3.63) is 166 Å². The van der Waals surface area contributed by atoms with Gasteiger partial charge in [-0.05, 0) is 91.9 Å². The molecule has 5 aromatic rings. The van der Waals surface area contributed by atoms with Crippen molar-refractivity contribution < 1.29 is 0 Å². The Morgan fingerprint density at radius 3 is 1.73 bits per heavy atom. The first-order valence-corrected chi connectivity index (χ1v) is 15.8. The number of fused-ring (bicyclic) bond motifs is 6. The molecule has 214 valence electrons. The number of rotatable bonds is 3. The molecule has 1 nitrogen and oxygen atoms in total. The van der Waals surface area contributed by atoms with E-state index in [2.05, 4.69) is 156 Å². The summed E-state index contributed by atoms with van der Waals surface area (Å²) in [6.45, 7) is 11.7. The van der Waals surface area contributed by atoms with Gasteiger partial charge in [0, 0.05) is 22.8 Å². The van der Waals surface area contributed by atoms with Crippen LogP contribution in [0.2, 0.25) is 0 Å². The first-order chi connectivity index (χ1) is 21.2. The van der Waals surface area contributed by atoms with Crippen LogP contribution in [0.1, 0.15) is 80.0 Å². The molecule has 8 rings (SSSR count). The Morgan fingerprint density at radius 2 is 1.05 bits per heavy atom. The Morgan fingerprint density at radius 1 is 0.500 bits per heavy atom. The highest BCUT2D eigenvalue weighted by atomic mass is 14.8. The van der Waals surface area contributed by atoms with Crippen molar-refractivity contribution >= 4 is 17.0 Å². The second-order valence-electron chi connectivity index (χ2n) is 13.6. The van der Waals surface area contributed by atoms with E-state index in [9.17, 15) is 0 Å². The number of nitrogens with zero attached hydrogens (tertiary/aromatic N) is 1. The SMILES string of the molecule is CC1=C(c2ccccc2)N=C(c2ccc3c(c2)C(C)(C)c2cc4c(cc2-3)C(C)(C)c2ccccc2-4)CC=C1c1ccccc1. The minimum absolute atomic E-state index is 0.0102. The van der Waals surface area contributed by atoms with Gasteiger partial charge in [0.1, 0.15) is 0 Å². The third-order valence-electron chi connectivity index (χ3n) is 10.3. The molecule has 1 heteroatoms. The fourth-order valence-corrected chi connectivity index (χ4v) is 7.86. The molecule has 5 aromatic carbocycles. The van der Waals surface area contributed by atoms with Crippen LogP contribution in [0, 0.1) is 0 Å². The van der Waals surface area contributed by atoms with Gasteiger partial charge in [-0.15, -0.1) is 0 Å². The molecule has 0 saturated heterocycles. The van der Waals surface area contributed by atoms with Crippen LogP contribution >= 0.6 is 0 Å². The van der Waals surface area contributed by atoms with E-state index in [1.165, 1.54) is 66.8 Å². The Kier molecular flexibility index (Phi) is 5.87. The summed E-state index contributed by atoms with van der Waals surface area (Å²) in [5.41, 5.74) is 19.3. The lowest BCUT2D eigenvalue weighted by atomic mass is 9.79. The van der Waals surface area contributed by atoms with E-state index in [1.807, 2.05) is 0 Å². The fourth-order valence-electron chi connectivity index (χ4n) is 7.86. The summed E-state index contributed by atoms with van der Waals surface area (Å²) >= 11 is 0. The Labute approximate surface area is 261 Å². The summed E-state index contributed by atoms with van der Waals surface area (Å²) in [5, 5.41) is 0. The molecule has 44 heavy (non-hydrogen) atoms. The summed E-state index contributed by atoms with van der Waals surface area (Å²) in [5.74, 6) is 0. The number of allylic oxidation sites excluding steroid dienone is 3. The zero-order valence-corrected chi connectivity index (χ0v) is 26.2. The second kappa shape index (κ2) is 9.63. The fraction of sp³-hybridized carbons (Fsp3) is 0.186. The van der Waals surface area contributed by atoms with Gasteiger partial charge in [0.25, 0.3) is 0 Å². The molecule has 0 spiro atoms. The van der Waals surface area contributed by atoms with Gasteiger partial charge in [-0.1, -0.05) is 131 Å². The lowest BCUT2D eigenvalue weighted by molar-refractivity contribution is 0.652. The van der Waals surface area contributed by atoms with Gasteiger partial charge in [0.05, 0.1) is 11.4 Å². The zero-order chi connectivity index (χ0) is 30.2. The van der Waals surface area contributed by atoms with Crippen molar-refractivity contribution in [3.8, 4) is 22.3 Å². The summed E-state index contributed by atoms with van der Waals surface area (Å²) in [4.78, 5) is 5.43. The van der Waals surface area contributed by atoms with Crippen LogP contribution in [-0.2, 0) is 10.8 Å². The van der Waals surface area contributed by atoms with Crippen molar-refractivity contribution in [1.82, 2.24) is 0 Å². The predicted molar refractivity (Wildman–Crippen MR) is 186 cm³/mol. The van der Waals surface area contributed by atoms with E-state index < -0.39 is 0 Å². The van der Waals surface area contributed by atoms with Crippen LogP contribution in [-0.4, -0.2) is 5.71 Å². The van der Waals surface area contributed by atoms with Crippen molar-refractivity contribution in [2.24, 2.45) is 4.99 Å². The van der Waals surface area contributed by atoms with Crippen LogP contribution in [0.4, 0.5) is 0 Å². The maximum Gasteiger partial charge on any atom is 0.0740 e. The molecule has 1 aliphatic heterocycles. The molecule has 0 aromatic heterocycles. The number of benzene rings is 5. The van der Waals surface area contributed by atoms with E-state index >= 15 is 0 Å². The van der Waals surface area contributed by atoms with E-state index in [-0.39, 0.29) is 10.8 Å². The molecule has 2 aliphatic carbocycles. The van der Waals surface area contributed by atoms with E-state index in [0.29, 0.717) is 0 Å².